The minimum atomic E-state index is 0.146. The molecule has 0 bridgehead atoms. The Kier molecular flexibility index (Phi) is 6.52. The molecule has 0 aromatic carbocycles. The second kappa shape index (κ2) is 8.63. The molecule has 0 radical (unpaired) electrons. The van der Waals surface area contributed by atoms with Gasteiger partial charge in [-0.1, -0.05) is 6.92 Å². The zero-order valence-corrected chi connectivity index (χ0v) is 14.1. The standard InChI is InChI=1S/C17H23N2O2S/c1-3-9-19-10-7-16(8-11-19)21-12-15(20)5-4-6-17-14(2)18-13-22-17/h7-8,10-11,13H,3-6,9,12H2,1-2H3/q+1. The fourth-order valence-electron chi connectivity index (χ4n) is 2.20. The minimum Gasteiger partial charge on any atom is -0.485 e. The number of thiazole rings is 1. The molecule has 2 heterocycles. The lowest BCUT2D eigenvalue weighted by molar-refractivity contribution is -0.697. The van der Waals surface area contributed by atoms with Crippen LogP contribution in [0.4, 0.5) is 0 Å². The Morgan fingerprint density at radius 1 is 1.36 bits per heavy atom. The van der Waals surface area contributed by atoms with Crippen LogP contribution < -0.4 is 9.30 Å². The Morgan fingerprint density at radius 2 is 2.14 bits per heavy atom. The normalized spacial score (nSPS) is 10.6. The first-order valence-corrected chi connectivity index (χ1v) is 8.59. The highest BCUT2D eigenvalue weighted by molar-refractivity contribution is 7.09. The molecule has 4 nitrogen and oxygen atoms in total. The van der Waals surface area contributed by atoms with Gasteiger partial charge in [-0.2, -0.15) is 0 Å². The number of hydrogen-bond acceptors (Lipinski definition) is 4. The first-order valence-electron chi connectivity index (χ1n) is 7.71. The molecule has 0 aliphatic rings. The van der Waals surface area contributed by atoms with Crippen LogP contribution in [0.15, 0.2) is 30.0 Å². The van der Waals surface area contributed by atoms with E-state index in [1.54, 1.807) is 11.3 Å². The third-order valence-corrected chi connectivity index (χ3v) is 4.44. The van der Waals surface area contributed by atoms with E-state index in [2.05, 4.69) is 16.5 Å². The summed E-state index contributed by atoms with van der Waals surface area (Å²) in [6, 6.07) is 3.81. The van der Waals surface area contributed by atoms with Crippen molar-refractivity contribution >= 4 is 17.1 Å². The van der Waals surface area contributed by atoms with Crippen LogP contribution in [-0.4, -0.2) is 17.4 Å². The molecule has 0 saturated heterocycles. The highest BCUT2D eigenvalue weighted by Crippen LogP contribution is 2.15. The largest absolute Gasteiger partial charge is 0.485 e. The molecule has 2 rings (SSSR count). The Labute approximate surface area is 135 Å². The van der Waals surface area contributed by atoms with Crippen LogP contribution in [0.2, 0.25) is 0 Å². The molecule has 22 heavy (non-hydrogen) atoms. The number of ketones is 1. The van der Waals surface area contributed by atoms with E-state index >= 15 is 0 Å². The van der Waals surface area contributed by atoms with Gasteiger partial charge in [0.1, 0.15) is 18.9 Å². The number of carbonyl (C=O) groups is 1. The van der Waals surface area contributed by atoms with E-state index < -0.39 is 0 Å². The topological polar surface area (TPSA) is 43.1 Å². The number of aryl methyl sites for hydroxylation is 3. The molecule has 2 aromatic rings. The van der Waals surface area contributed by atoms with Crippen molar-refractivity contribution in [1.82, 2.24) is 4.98 Å². The quantitative estimate of drug-likeness (QED) is 0.667. The minimum absolute atomic E-state index is 0.146. The van der Waals surface area contributed by atoms with Crippen molar-refractivity contribution in [2.75, 3.05) is 6.61 Å². The highest BCUT2D eigenvalue weighted by Gasteiger charge is 2.07. The number of nitrogens with zero attached hydrogens (tertiary/aromatic N) is 2. The first kappa shape index (κ1) is 16.6. The Hall–Kier alpha value is -1.75. The van der Waals surface area contributed by atoms with Crippen LogP contribution in [0, 0.1) is 6.92 Å². The van der Waals surface area contributed by atoms with Crippen molar-refractivity contribution in [3.05, 3.63) is 40.6 Å². The lowest BCUT2D eigenvalue weighted by Gasteiger charge is -2.05. The number of rotatable bonds is 9. The lowest BCUT2D eigenvalue weighted by atomic mass is 10.1. The zero-order valence-electron chi connectivity index (χ0n) is 13.2. The van der Waals surface area contributed by atoms with Crippen molar-refractivity contribution in [3.63, 3.8) is 0 Å². The molecule has 0 saturated carbocycles. The zero-order chi connectivity index (χ0) is 15.8. The summed E-state index contributed by atoms with van der Waals surface area (Å²) in [5.74, 6) is 0.895. The number of pyridine rings is 1. The maximum absolute atomic E-state index is 11.9. The predicted octanol–water partition coefficient (Wildman–Crippen LogP) is 3.12. The predicted molar refractivity (Wildman–Crippen MR) is 87.2 cm³/mol. The fourth-order valence-corrected chi connectivity index (χ4v) is 3.02. The number of hydrogen-bond donors (Lipinski definition) is 0. The molecule has 5 heteroatoms. The van der Waals surface area contributed by atoms with Crippen LogP contribution in [0.1, 0.15) is 36.8 Å². The molecule has 0 fully saturated rings. The van der Waals surface area contributed by atoms with Gasteiger partial charge in [-0.25, -0.2) is 9.55 Å². The third kappa shape index (κ3) is 5.22. The Balaban J connectivity index is 1.68. The van der Waals surface area contributed by atoms with E-state index in [4.69, 9.17) is 4.74 Å². The second-order valence-corrected chi connectivity index (χ2v) is 6.25. The number of carbonyl (C=O) groups excluding carboxylic acids is 1. The van der Waals surface area contributed by atoms with Crippen molar-refractivity contribution in [3.8, 4) is 5.75 Å². The van der Waals surface area contributed by atoms with Gasteiger partial charge in [-0.05, 0) is 19.8 Å². The number of aromatic nitrogens is 2. The molecular weight excluding hydrogens is 296 g/mol. The summed E-state index contributed by atoms with van der Waals surface area (Å²) in [5, 5.41) is 0. The molecule has 2 aromatic heterocycles. The van der Waals surface area contributed by atoms with E-state index in [0.717, 1.165) is 37.3 Å². The third-order valence-electron chi connectivity index (χ3n) is 3.45. The SMILES string of the molecule is CCC[n+]1ccc(OCC(=O)CCCc2scnc2C)cc1. The van der Waals surface area contributed by atoms with Crippen molar-refractivity contribution in [2.24, 2.45) is 0 Å². The summed E-state index contributed by atoms with van der Waals surface area (Å²) in [7, 11) is 0. The summed E-state index contributed by atoms with van der Waals surface area (Å²) < 4.78 is 7.64. The molecular formula is C17H23N2O2S+. The van der Waals surface area contributed by atoms with Gasteiger partial charge in [0.25, 0.3) is 0 Å². The highest BCUT2D eigenvalue weighted by atomic mass is 32.1. The molecule has 0 unspecified atom stereocenters. The molecule has 0 aliphatic heterocycles. The first-order chi connectivity index (χ1) is 10.7. The summed E-state index contributed by atoms with van der Waals surface area (Å²) >= 11 is 1.66. The van der Waals surface area contributed by atoms with Gasteiger partial charge in [-0.3, -0.25) is 4.79 Å². The van der Waals surface area contributed by atoms with Gasteiger partial charge in [0, 0.05) is 29.9 Å². The van der Waals surface area contributed by atoms with Crippen molar-refractivity contribution in [1.29, 1.82) is 0 Å². The summed E-state index contributed by atoms with van der Waals surface area (Å²) in [6.45, 7) is 5.30. The smallest absolute Gasteiger partial charge is 0.172 e. The number of ether oxygens (including phenoxy) is 1. The van der Waals surface area contributed by atoms with Crippen LogP contribution in [0.25, 0.3) is 0 Å². The van der Waals surface area contributed by atoms with Gasteiger partial charge < -0.3 is 4.74 Å². The average Bonchev–Trinajstić information content (AvgIpc) is 2.92. The molecule has 0 atom stereocenters. The van der Waals surface area contributed by atoms with Crippen LogP contribution >= 0.6 is 11.3 Å². The van der Waals surface area contributed by atoms with Gasteiger partial charge in [0.2, 0.25) is 0 Å². The maximum Gasteiger partial charge on any atom is 0.172 e. The summed E-state index contributed by atoms with van der Waals surface area (Å²) in [6.07, 6.45) is 7.40. The van der Waals surface area contributed by atoms with Crippen molar-refractivity contribution in [2.45, 2.75) is 46.1 Å². The second-order valence-electron chi connectivity index (χ2n) is 5.31. The van der Waals surface area contributed by atoms with E-state index in [9.17, 15) is 4.79 Å². The fraction of sp³-hybridized carbons (Fsp3) is 0.471. The molecule has 0 N–H and O–H groups in total. The van der Waals surface area contributed by atoms with Gasteiger partial charge in [0.05, 0.1) is 11.2 Å². The number of Topliss-reactive ketones (excluding diaryl/α,β-unsaturated/α-hetero) is 1. The van der Waals surface area contributed by atoms with Crippen molar-refractivity contribution < 1.29 is 14.1 Å². The van der Waals surface area contributed by atoms with E-state index in [1.165, 1.54) is 4.88 Å². The van der Waals surface area contributed by atoms with Crippen LogP contribution in [0.3, 0.4) is 0 Å². The van der Waals surface area contributed by atoms with Crippen LogP contribution in [-0.2, 0) is 17.8 Å². The maximum atomic E-state index is 11.9. The van der Waals surface area contributed by atoms with E-state index in [0.29, 0.717) is 6.42 Å². The lowest BCUT2D eigenvalue weighted by Crippen LogP contribution is -2.31. The molecule has 0 amide bonds. The van der Waals surface area contributed by atoms with Crippen LogP contribution in [0.5, 0.6) is 5.75 Å². The Morgan fingerprint density at radius 3 is 2.77 bits per heavy atom. The summed E-state index contributed by atoms with van der Waals surface area (Å²) in [5.41, 5.74) is 2.94. The Bertz CT molecular complexity index is 593. The molecule has 0 aliphatic carbocycles. The summed E-state index contributed by atoms with van der Waals surface area (Å²) in [4.78, 5) is 17.3. The van der Waals surface area contributed by atoms with E-state index in [1.807, 2.05) is 37.0 Å². The monoisotopic (exact) mass is 319 g/mol. The van der Waals surface area contributed by atoms with Gasteiger partial charge in [-0.15, -0.1) is 11.3 Å². The van der Waals surface area contributed by atoms with Gasteiger partial charge >= 0.3 is 0 Å². The van der Waals surface area contributed by atoms with E-state index in [-0.39, 0.29) is 12.4 Å². The van der Waals surface area contributed by atoms with Gasteiger partial charge in [0.15, 0.2) is 18.2 Å². The molecule has 0 spiro atoms. The molecule has 118 valence electrons. The average molecular weight is 319 g/mol.